The summed E-state index contributed by atoms with van der Waals surface area (Å²) < 4.78 is 1.14. The van der Waals surface area contributed by atoms with E-state index in [4.69, 9.17) is 0 Å². The van der Waals surface area contributed by atoms with Gasteiger partial charge in [0.1, 0.15) is 0 Å². The first-order valence-electron chi connectivity index (χ1n) is 8.76. The van der Waals surface area contributed by atoms with Crippen molar-refractivity contribution in [1.82, 2.24) is 4.98 Å². The maximum Gasteiger partial charge on any atom is 0.265 e. The van der Waals surface area contributed by atoms with E-state index in [1.807, 2.05) is 35.7 Å². The van der Waals surface area contributed by atoms with E-state index in [0.29, 0.717) is 29.1 Å². The minimum absolute atomic E-state index is 0.0605. The van der Waals surface area contributed by atoms with E-state index in [0.717, 1.165) is 15.2 Å². The van der Waals surface area contributed by atoms with Gasteiger partial charge in [-0.3, -0.25) is 9.59 Å². The number of nitrogens with zero attached hydrogens (tertiary/aromatic N) is 1. The normalized spacial score (nSPS) is 10.7. The molecule has 5 nitrogen and oxygen atoms in total. The number of anilines is 2. The fraction of sp³-hybridized carbons (Fsp3) is 0.0952. The molecule has 0 saturated carbocycles. The average Bonchev–Trinajstić information content (AvgIpc) is 3.37. The van der Waals surface area contributed by atoms with Crippen LogP contribution in [0, 0.1) is 0 Å². The first kappa shape index (κ1) is 18.3. The zero-order valence-corrected chi connectivity index (χ0v) is 16.5. The molecule has 28 heavy (non-hydrogen) atoms. The minimum atomic E-state index is -0.136. The van der Waals surface area contributed by atoms with Crippen molar-refractivity contribution in [3.8, 4) is 0 Å². The molecule has 0 aliphatic carbocycles. The zero-order valence-electron chi connectivity index (χ0n) is 14.8. The Morgan fingerprint density at radius 2 is 1.64 bits per heavy atom. The van der Waals surface area contributed by atoms with Crippen LogP contribution < -0.4 is 10.6 Å². The van der Waals surface area contributed by atoms with Gasteiger partial charge in [0.2, 0.25) is 5.91 Å². The lowest BCUT2D eigenvalue weighted by atomic mass is 10.2. The average molecular weight is 408 g/mol. The van der Waals surface area contributed by atoms with Gasteiger partial charge in [-0.15, -0.1) is 22.7 Å². The van der Waals surface area contributed by atoms with Crippen LogP contribution in [0.25, 0.3) is 10.2 Å². The molecule has 0 unspecified atom stereocenters. The van der Waals surface area contributed by atoms with Gasteiger partial charge in [0, 0.05) is 24.2 Å². The second-order valence-electron chi connectivity index (χ2n) is 6.13. The molecule has 0 aliphatic heterocycles. The lowest BCUT2D eigenvalue weighted by Gasteiger charge is -2.07. The Labute approximate surface area is 170 Å². The third kappa shape index (κ3) is 4.44. The molecule has 0 spiro atoms. The number of rotatable bonds is 6. The molecular weight excluding hydrogens is 390 g/mol. The van der Waals surface area contributed by atoms with Crippen LogP contribution >= 0.6 is 22.7 Å². The van der Waals surface area contributed by atoms with Crippen LogP contribution in [-0.4, -0.2) is 16.8 Å². The van der Waals surface area contributed by atoms with Gasteiger partial charge in [-0.2, -0.15) is 0 Å². The third-order valence-electron chi connectivity index (χ3n) is 4.08. The van der Waals surface area contributed by atoms with Crippen LogP contribution in [0.2, 0.25) is 0 Å². The fourth-order valence-corrected chi connectivity index (χ4v) is 4.29. The Bertz CT molecular complexity index is 1070. The molecule has 2 amide bonds. The van der Waals surface area contributed by atoms with Crippen molar-refractivity contribution in [2.45, 2.75) is 12.8 Å². The molecule has 7 heteroatoms. The summed E-state index contributed by atoms with van der Waals surface area (Å²) in [6.45, 7) is 0. The van der Waals surface area contributed by atoms with Crippen molar-refractivity contribution in [2.75, 3.05) is 10.6 Å². The third-order valence-corrected chi connectivity index (χ3v) is 6.04. The summed E-state index contributed by atoms with van der Waals surface area (Å²) in [5, 5.41) is 8.54. The van der Waals surface area contributed by atoms with Gasteiger partial charge in [-0.1, -0.05) is 18.2 Å². The highest BCUT2D eigenvalue weighted by Crippen LogP contribution is 2.23. The van der Waals surface area contributed by atoms with Gasteiger partial charge in [0.25, 0.3) is 5.91 Å². The number of carbonyl (C=O) groups is 2. The second-order valence-corrected chi connectivity index (χ2v) is 8.20. The first-order chi connectivity index (χ1) is 13.7. The van der Waals surface area contributed by atoms with Crippen molar-refractivity contribution in [3.63, 3.8) is 0 Å². The molecule has 0 fully saturated rings. The molecule has 0 radical (unpaired) electrons. The number of hydrogen-bond acceptors (Lipinski definition) is 5. The first-order valence-corrected chi connectivity index (χ1v) is 10.5. The van der Waals surface area contributed by atoms with Gasteiger partial charge in [-0.05, 0) is 47.8 Å². The Kier molecular flexibility index (Phi) is 5.45. The molecule has 0 aliphatic rings. The van der Waals surface area contributed by atoms with E-state index in [9.17, 15) is 9.59 Å². The Morgan fingerprint density at radius 1 is 0.893 bits per heavy atom. The maximum absolute atomic E-state index is 12.2. The lowest BCUT2D eigenvalue weighted by Crippen LogP contribution is -2.13. The highest BCUT2D eigenvalue weighted by atomic mass is 32.1. The van der Waals surface area contributed by atoms with Crippen LogP contribution in [0.1, 0.15) is 21.1 Å². The predicted octanol–water partition coefficient (Wildman–Crippen LogP) is 5.18. The van der Waals surface area contributed by atoms with Crippen molar-refractivity contribution in [3.05, 3.63) is 75.9 Å². The number of benzene rings is 2. The van der Waals surface area contributed by atoms with Crippen molar-refractivity contribution in [1.29, 1.82) is 0 Å². The van der Waals surface area contributed by atoms with E-state index in [2.05, 4.69) is 15.6 Å². The summed E-state index contributed by atoms with van der Waals surface area (Å²) in [6, 6.07) is 18.7. The number of carbonyl (C=O) groups excluding carboxylic acids is 2. The Morgan fingerprint density at radius 3 is 2.36 bits per heavy atom. The molecule has 2 N–H and O–H groups in total. The van der Waals surface area contributed by atoms with Crippen LogP contribution in [0.3, 0.4) is 0 Å². The molecule has 4 aromatic rings. The molecule has 2 heterocycles. The second kappa shape index (κ2) is 8.33. The molecule has 0 bridgehead atoms. The summed E-state index contributed by atoms with van der Waals surface area (Å²) in [5.41, 5.74) is 2.36. The number of fused-ring (bicyclic) bond motifs is 1. The number of amides is 2. The minimum Gasteiger partial charge on any atom is -0.326 e. The molecule has 2 aromatic carbocycles. The topological polar surface area (TPSA) is 71.1 Å². The summed E-state index contributed by atoms with van der Waals surface area (Å²) in [7, 11) is 0. The van der Waals surface area contributed by atoms with E-state index in [1.165, 1.54) is 11.3 Å². The van der Waals surface area contributed by atoms with Crippen molar-refractivity contribution >= 4 is 56.1 Å². The molecule has 140 valence electrons. The zero-order chi connectivity index (χ0) is 19.3. The summed E-state index contributed by atoms with van der Waals surface area (Å²) in [5.74, 6) is -0.197. The van der Waals surface area contributed by atoms with E-state index in [1.54, 1.807) is 41.7 Å². The van der Waals surface area contributed by atoms with Gasteiger partial charge < -0.3 is 10.6 Å². The molecule has 0 saturated heterocycles. The largest absolute Gasteiger partial charge is 0.326 e. The fourth-order valence-electron chi connectivity index (χ4n) is 2.71. The SMILES string of the molecule is O=C(CCc1nc2ccccc2s1)Nc1ccc(NC(=O)c2cccs2)cc1. The van der Waals surface area contributed by atoms with Crippen molar-refractivity contribution in [2.24, 2.45) is 0 Å². The number of thiophene rings is 1. The summed E-state index contributed by atoms with van der Waals surface area (Å²) in [6.07, 6.45) is 0.983. The Hall–Kier alpha value is -3.03. The quantitative estimate of drug-likeness (QED) is 0.462. The highest BCUT2D eigenvalue weighted by Gasteiger charge is 2.09. The number of thiazole rings is 1. The summed E-state index contributed by atoms with van der Waals surface area (Å²) in [4.78, 5) is 29.5. The van der Waals surface area contributed by atoms with Crippen LogP contribution in [0.15, 0.2) is 66.0 Å². The van der Waals surface area contributed by atoms with Gasteiger partial charge in [0.15, 0.2) is 0 Å². The number of aromatic nitrogens is 1. The van der Waals surface area contributed by atoms with Crippen molar-refractivity contribution < 1.29 is 9.59 Å². The molecule has 0 atom stereocenters. The molecule has 2 aromatic heterocycles. The number of nitrogens with one attached hydrogen (secondary N) is 2. The van der Waals surface area contributed by atoms with E-state index < -0.39 is 0 Å². The van der Waals surface area contributed by atoms with Gasteiger partial charge >= 0.3 is 0 Å². The van der Waals surface area contributed by atoms with Crippen LogP contribution in [0.4, 0.5) is 11.4 Å². The number of hydrogen-bond donors (Lipinski definition) is 2. The molecular formula is C21H17N3O2S2. The molecule has 4 rings (SSSR count). The van der Waals surface area contributed by atoms with E-state index in [-0.39, 0.29) is 11.8 Å². The smallest absolute Gasteiger partial charge is 0.265 e. The monoisotopic (exact) mass is 407 g/mol. The maximum atomic E-state index is 12.2. The standard InChI is InChI=1S/C21H17N3O2S2/c25-19(11-12-20-24-16-4-1-2-5-17(16)28-20)22-14-7-9-15(10-8-14)23-21(26)18-6-3-13-27-18/h1-10,13H,11-12H2,(H,22,25)(H,23,26). The van der Waals surface area contributed by atoms with Gasteiger partial charge in [0.05, 0.1) is 20.1 Å². The Balaban J connectivity index is 1.30. The predicted molar refractivity (Wildman–Crippen MR) is 115 cm³/mol. The van der Waals surface area contributed by atoms with Gasteiger partial charge in [-0.25, -0.2) is 4.98 Å². The van der Waals surface area contributed by atoms with E-state index >= 15 is 0 Å². The lowest BCUT2D eigenvalue weighted by molar-refractivity contribution is -0.116. The highest BCUT2D eigenvalue weighted by molar-refractivity contribution is 7.18. The van der Waals surface area contributed by atoms with Crippen LogP contribution in [0.5, 0.6) is 0 Å². The van der Waals surface area contributed by atoms with Crippen LogP contribution in [-0.2, 0) is 11.2 Å². The number of aryl methyl sites for hydroxylation is 1. The summed E-state index contributed by atoms with van der Waals surface area (Å²) >= 11 is 3.01. The number of para-hydroxylation sites is 1.